The van der Waals surface area contributed by atoms with Gasteiger partial charge in [0.1, 0.15) is 5.78 Å². The fourth-order valence-corrected chi connectivity index (χ4v) is 4.48. The van der Waals surface area contributed by atoms with Gasteiger partial charge < -0.3 is 10.6 Å². The van der Waals surface area contributed by atoms with Crippen LogP contribution in [0, 0.1) is 11.8 Å². The van der Waals surface area contributed by atoms with Crippen molar-refractivity contribution in [1.82, 2.24) is 10.6 Å². The summed E-state index contributed by atoms with van der Waals surface area (Å²) < 4.78 is 0. The molecule has 1 amide bonds. The van der Waals surface area contributed by atoms with Crippen molar-refractivity contribution < 1.29 is 9.59 Å². The highest BCUT2D eigenvalue weighted by Crippen LogP contribution is 2.28. The Balaban J connectivity index is 0.000000175. The summed E-state index contributed by atoms with van der Waals surface area (Å²) in [6.45, 7) is 1.73. The van der Waals surface area contributed by atoms with E-state index in [1.807, 2.05) is 7.05 Å². The van der Waals surface area contributed by atoms with Crippen LogP contribution >= 0.6 is 0 Å². The Kier molecular flexibility index (Phi) is 8.23. The van der Waals surface area contributed by atoms with Gasteiger partial charge in [0, 0.05) is 18.0 Å². The first kappa shape index (κ1) is 19.4. The lowest BCUT2D eigenvalue weighted by atomic mass is 9.81. The second-order valence-electron chi connectivity index (χ2n) is 7.82. The van der Waals surface area contributed by atoms with Crippen molar-refractivity contribution in [3.05, 3.63) is 0 Å². The molecule has 3 rings (SSSR count). The Hall–Kier alpha value is -0.900. The van der Waals surface area contributed by atoms with Gasteiger partial charge in [0.25, 0.3) is 0 Å². The molecule has 4 nitrogen and oxygen atoms in total. The van der Waals surface area contributed by atoms with Crippen molar-refractivity contribution in [3.8, 4) is 0 Å². The molecule has 138 valence electrons. The van der Waals surface area contributed by atoms with Gasteiger partial charge in [-0.25, -0.2) is 0 Å². The molecule has 0 aromatic heterocycles. The zero-order valence-corrected chi connectivity index (χ0v) is 15.6. The van der Waals surface area contributed by atoms with Crippen LogP contribution in [0.2, 0.25) is 0 Å². The van der Waals surface area contributed by atoms with Crippen molar-refractivity contribution in [2.24, 2.45) is 11.8 Å². The van der Waals surface area contributed by atoms with Crippen LogP contribution < -0.4 is 10.6 Å². The Bertz CT molecular complexity index is 410. The molecule has 3 aliphatic rings. The molecule has 0 aromatic carbocycles. The molecule has 0 aromatic rings. The lowest BCUT2D eigenvalue weighted by molar-refractivity contribution is -0.136. The lowest BCUT2D eigenvalue weighted by Crippen LogP contribution is -2.58. The molecule has 0 spiro atoms. The number of hydrogen-bond acceptors (Lipinski definition) is 3. The Labute approximate surface area is 147 Å². The number of ketones is 1. The number of β-lactam (4-membered cyclic amide) rings is 1. The fourth-order valence-electron chi connectivity index (χ4n) is 4.48. The summed E-state index contributed by atoms with van der Waals surface area (Å²) >= 11 is 0. The molecule has 1 aliphatic heterocycles. The summed E-state index contributed by atoms with van der Waals surface area (Å²) in [5.41, 5.74) is 0. The van der Waals surface area contributed by atoms with Crippen LogP contribution in [-0.2, 0) is 9.59 Å². The largest absolute Gasteiger partial charge is 0.352 e. The van der Waals surface area contributed by atoms with E-state index in [-0.39, 0.29) is 5.92 Å². The lowest BCUT2D eigenvalue weighted by Gasteiger charge is -2.38. The van der Waals surface area contributed by atoms with Gasteiger partial charge >= 0.3 is 0 Å². The van der Waals surface area contributed by atoms with Crippen LogP contribution in [0.1, 0.15) is 84.0 Å². The number of rotatable bonds is 2. The zero-order chi connectivity index (χ0) is 17.4. The molecular weight excluding hydrogens is 300 g/mol. The SMILES string of the molecule is CN[C@@H]1CCCCCCC1C(C)=O.O=C1N[C@@H]2CCCCCCC12. The van der Waals surface area contributed by atoms with E-state index in [1.54, 1.807) is 6.92 Å². The molecule has 2 aliphatic carbocycles. The second kappa shape index (κ2) is 10.2. The summed E-state index contributed by atoms with van der Waals surface area (Å²) in [5.74, 6) is 1.32. The van der Waals surface area contributed by atoms with Gasteiger partial charge in [-0.15, -0.1) is 0 Å². The minimum atomic E-state index is 0.269. The standard InChI is InChI=1S/C11H21NO.C9H15NO/c1-9(13)10-7-5-3-4-6-8-11(10)12-2;11-9-7-5-3-1-2-4-6-8(7)10-9/h10-12H,3-8H2,1-2H3;7-8H,1-6H2,(H,10,11)/t10?,11-;7?,8-/m11/s1. The van der Waals surface area contributed by atoms with Gasteiger partial charge in [0.2, 0.25) is 5.91 Å². The first-order chi connectivity index (χ1) is 11.6. The number of amides is 1. The molecule has 0 bridgehead atoms. The molecule has 2 N–H and O–H groups in total. The molecule has 3 fully saturated rings. The predicted molar refractivity (Wildman–Crippen MR) is 97.8 cm³/mol. The van der Waals surface area contributed by atoms with Crippen LogP contribution in [0.25, 0.3) is 0 Å². The third kappa shape index (κ3) is 5.58. The van der Waals surface area contributed by atoms with E-state index in [4.69, 9.17) is 0 Å². The van der Waals surface area contributed by atoms with Gasteiger partial charge in [0.15, 0.2) is 0 Å². The monoisotopic (exact) mass is 336 g/mol. The molecule has 1 heterocycles. The van der Waals surface area contributed by atoms with Crippen LogP contribution in [-0.4, -0.2) is 30.8 Å². The Morgan fingerprint density at radius 3 is 2.08 bits per heavy atom. The predicted octanol–water partition coefficient (Wildman–Crippen LogP) is 3.59. The van der Waals surface area contributed by atoms with Crippen molar-refractivity contribution in [2.45, 2.75) is 96.1 Å². The first-order valence-electron chi connectivity index (χ1n) is 10.1. The van der Waals surface area contributed by atoms with E-state index >= 15 is 0 Å². The van der Waals surface area contributed by atoms with Crippen molar-refractivity contribution in [2.75, 3.05) is 7.05 Å². The maximum Gasteiger partial charge on any atom is 0.225 e. The second-order valence-corrected chi connectivity index (χ2v) is 7.82. The van der Waals surface area contributed by atoms with E-state index < -0.39 is 0 Å². The third-order valence-electron chi connectivity index (χ3n) is 6.09. The molecule has 0 radical (unpaired) electrons. The van der Waals surface area contributed by atoms with Crippen LogP contribution in [0.15, 0.2) is 0 Å². The number of fused-ring (bicyclic) bond motifs is 1. The van der Waals surface area contributed by atoms with Crippen molar-refractivity contribution in [1.29, 1.82) is 0 Å². The van der Waals surface area contributed by atoms with Gasteiger partial charge in [-0.1, -0.05) is 51.4 Å². The molecule has 24 heavy (non-hydrogen) atoms. The molecule has 1 saturated heterocycles. The normalized spacial score (nSPS) is 33.8. The van der Waals surface area contributed by atoms with Gasteiger partial charge in [0.05, 0.1) is 5.92 Å². The molecule has 2 unspecified atom stereocenters. The highest BCUT2D eigenvalue weighted by atomic mass is 16.2. The third-order valence-corrected chi connectivity index (χ3v) is 6.09. The average Bonchev–Trinajstić information content (AvgIpc) is 2.50. The quantitative estimate of drug-likeness (QED) is 0.758. The fraction of sp³-hybridized carbons (Fsp3) is 0.900. The van der Waals surface area contributed by atoms with E-state index in [0.29, 0.717) is 29.7 Å². The number of hydrogen-bond donors (Lipinski definition) is 2. The molecule has 4 atom stereocenters. The van der Waals surface area contributed by atoms with Crippen LogP contribution in [0.4, 0.5) is 0 Å². The highest BCUT2D eigenvalue weighted by Gasteiger charge is 2.38. The summed E-state index contributed by atoms with van der Waals surface area (Å²) in [4.78, 5) is 22.4. The van der Waals surface area contributed by atoms with Crippen LogP contribution in [0.5, 0.6) is 0 Å². The van der Waals surface area contributed by atoms with Crippen LogP contribution in [0.3, 0.4) is 0 Å². The van der Waals surface area contributed by atoms with E-state index in [9.17, 15) is 9.59 Å². The van der Waals surface area contributed by atoms with E-state index in [0.717, 1.165) is 12.8 Å². The van der Waals surface area contributed by atoms with Gasteiger partial charge in [-0.2, -0.15) is 0 Å². The van der Waals surface area contributed by atoms with E-state index in [2.05, 4.69) is 10.6 Å². The average molecular weight is 337 g/mol. The highest BCUT2D eigenvalue weighted by molar-refractivity contribution is 5.85. The first-order valence-corrected chi connectivity index (χ1v) is 10.1. The van der Waals surface area contributed by atoms with Crippen molar-refractivity contribution >= 4 is 11.7 Å². The zero-order valence-electron chi connectivity index (χ0n) is 15.6. The number of carbonyl (C=O) groups excluding carboxylic acids is 2. The van der Waals surface area contributed by atoms with Gasteiger partial charge in [-0.05, 0) is 39.7 Å². The molecule has 4 heteroatoms. The van der Waals surface area contributed by atoms with Crippen molar-refractivity contribution in [3.63, 3.8) is 0 Å². The number of Topliss-reactive ketones (excluding diaryl/α,β-unsaturated/α-hetero) is 1. The smallest absolute Gasteiger partial charge is 0.225 e. The van der Waals surface area contributed by atoms with Gasteiger partial charge in [-0.3, -0.25) is 9.59 Å². The Morgan fingerprint density at radius 2 is 1.50 bits per heavy atom. The summed E-state index contributed by atoms with van der Waals surface area (Å²) in [7, 11) is 1.97. The summed E-state index contributed by atoms with van der Waals surface area (Å²) in [6, 6.07) is 0.973. The topological polar surface area (TPSA) is 58.2 Å². The summed E-state index contributed by atoms with van der Waals surface area (Å²) in [6.07, 6.45) is 15.0. The number of carbonyl (C=O) groups is 2. The minimum absolute atomic E-state index is 0.269. The number of nitrogens with one attached hydrogen (secondary N) is 2. The Morgan fingerprint density at radius 1 is 0.917 bits per heavy atom. The molecule has 2 saturated carbocycles. The maximum absolute atomic E-state index is 11.4. The summed E-state index contributed by atoms with van der Waals surface area (Å²) in [5, 5.41) is 6.26. The maximum atomic E-state index is 11.4. The van der Waals surface area contributed by atoms with E-state index in [1.165, 1.54) is 64.2 Å². The minimum Gasteiger partial charge on any atom is -0.352 e. The molecular formula is C20H36N2O2.